The Hall–Kier alpha value is -3.61. The van der Waals surface area contributed by atoms with E-state index in [1.54, 1.807) is 24.3 Å². The first-order chi connectivity index (χ1) is 14.3. The number of aryl methyl sites for hydroxylation is 2. The van der Waals surface area contributed by atoms with Crippen molar-refractivity contribution < 1.29 is 9.53 Å². The summed E-state index contributed by atoms with van der Waals surface area (Å²) in [5, 5.41) is 6.42. The van der Waals surface area contributed by atoms with E-state index in [4.69, 9.17) is 10.5 Å². The molecular weight excluding hydrogens is 378 g/mol. The van der Waals surface area contributed by atoms with Gasteiger partial charge >= 0.3 is 5.97 Å². The summed E-state index contributed by atoms with van der Waals surface area (Å²) in [4.78, 5) is 20.5. The first-order valence-electron chi connectivity index (χ1n) is 9.82. The minimum Gasteiger partial charge on any atom is -0.462 e. The van der Waals surface area contributed by atoms with E-state index in [9.17, 15) is 4.79 Å². The lowest BCUT2D eigenvalue weighted by Crippen LogP contribution is -2.10. The largest absolute Gasteiger partial charge is 0.462 e. The van der Waals surface area contributed by atoms with Crippen LogP contribution in [-0.2, 0) is 4.74 Å². The molecule has 3 aromatic rings. The average molecular weight is 406 g/mol. The molecule has 7 nitrogen and oxygen atoms in total. The molecule has 7 heteroatoms. The Morgan fingerprint density at radius 1 is 0.967 bits per heavy atom. The molecule has 4 N–H and O–H groups in total. The minimum absolute atomic E-state index is 0.294. The van der Waals surface area contributed by atoms with E-state index < -0.39 is 0 Å². The second kappa shape index (κ2) is 9.26. The summed E-state index contributed by atoms with van der Waals surface area (Å²) in [5.41, 5.74) is 11.1. The molecule has 0 atom stereocenters. The minimum atomic E-state index is -0.336. The molecule has 0 aliphatic rings. The average Bonchev–Trinajstić information content (AvgIpc) is 2.69. The van der Waals surface area contributed by atoms with E-state index in [1.807, 2.05) is 39.8 Å². The van der Waals surface area contributed by atoms with Gasteiger partial charge in [0.25, 0.3) is 0 Å². The standard InChI is InChI=1S/C23H27N5O2/c1-14(2)12-30-23(29)17-5-7-18(8-6-17)27-21-20(24)22(26-13-25-21)28-19-10-15(3)9-16(4)11-19/h5-11,13-14H,12,24H2,1-4H3,(H2,25,26,27,28). The number of carbonyl (C=O) groups excluding carboxylic acids is 1. The fourth-order valence-corrected chi connectivity index (χ4v) is 2.93. The number of benzene rings is 2. The molecule has 0 amide bonds. The van der Waals surface area contributed by atoms with Crippen molar-refractivity contribution in [1.29, 1.82) is 0 Å². The third-order valence-electron chi connectivity index (χ3n) is 4.30. The van der Waals surface area contributed by atoms with Crippen LogP contribution < -0.4 is 16.4 Å². The Kier molecular flexibility index (Phi) is 6.51. The molecule has 0 aliphatic heterocycles. The molecule has 3 rings (SSSR count). The van der Waals surface area contributed by atoms with Crippen molar-refractivity contribution in [1.82, 2.24) is 9.97 Å². The third kappa shape index (κ3) is 5.47. The van der Waals surface area contributed by atoms with Gasteiger partial charge in [-0.05, 0) is 67.3 Å². The van der Waals surface area contributed by atoms with Gasteiger partial charge in [-0.3, -0.25) is 0 Å². The molecule has 0 spiro atoms. The summed E-state index contributed by atoms with van der Waals surface area (Å²) in [5.74, 6) is 0.956. The topological polar surface area (TPSA) is 102 Å². The van der Waals surface area contributed by atoms with Crippen LogP contribution in [-0.4, -0.2) is 22.5 Å². The lowest BCUT2D eigenvalue weighted by atomic mass is 10.1. The molecule has 0 bridgehead atoms. The molecule has 1 heterocycles. The molecule has 30 heavy (non-hydrogen) atoms. The summed E-state index contributed by atoms with van der Waals surface area (Å²) in [6, 6.07) is 13.1. The van der Waals surface area contributed by atoms with Gasteiger partial charge in [0.05, 0.1) is 12.2 Å². The zero-order valence-electron chi connectivity index (χ0n) is 17.7. The van der Waals surface area contributed by atoms with E-state index in [1.165, 1.54) is 6.33 Å². The van der Waals surface area contributed by atoms with Crippen molar-refractivity contribution in [3.05, 3.63) is 65.5 Å². The molecule has 0 aliphatic carbocycles. The molecule has 0 radical (unpaired) electrons. The molecule has 0 unspecified atom stereocenters. The zero-order chi connectivity index (χ0) is 21.7. The van der Waals surface area contributed by atoms with Gasteiger partial charge in [-0.1, -0.05) is 19.9 Å². The van der Waals surface area contributed by atoms with Crippen LogP contribution in [0.1, 0.15) is 35.3 Å². The summed E-state index contributed by atoms with van der Waals surface area (Å²) in [6.45, 7) is 8.46. The van der Waals surface area contributed by atoms with Gasteiger partial charge in [0.15, 0.2) is 11.6 Å². The maximum atomic E-state index is 12.0. The maximum Gasteiger partial charge on any atom is 0.338 e. The summed E-state index contributed by atoms with van der Waals surface area (Å²) in [7, 11) is 0. The molecule has 156 valence electrons. The van der Waals surface area contributed by atoms with E-state index in [-0.39, 0.29) is 5.97 Å². The molecular formula is C23H27N5O2. The van der Waals surface area contributed by atoms with Crippen molar-refractivity contribution in [2.24, 2.45) is 5.92 Å². The van der Waals surface area contributed by atoms with Crippen molar-refractivity contribution in [3.8, 4) is 0 Å². The number of nitrogens with zero attached hydrogens (tertiary/aromatic N) is 2. The zero-order valence-corrected chi connectivity index (χ0v) is 17.7. The number of anilines is 5. The number of hydrogen-bond acceptors (Lipinski definition) is 7. The number of nitrogens with two attached hydrogens (primary N) is 1. The normalized spacial score (nSPS) is 10.7. The highest BCUT2D eigenvalue weighted by Gasteiger charge is 2.11. The second-order valence-electron chi connectivity index (χ2n) is 7.68. The van der Waals surface area contributed by atoms with Crippen LogP contribution in [0.15, 0.2) is 48.8 Å². The molecule has 0 saturated heterocycles. The Morgan fingerprint density at radius 2 is 1.53 bits per heavy atom. The lowest BCUT2D eigenvalue weighted by molar-refractivity contribution is 0.0459. The number of nitrogen functional groups attached to an aromatic ring is 1. The predicted molar refractivity (Wildman–Crippen MR) is 120 cm³/mol. The van der Waals surface area contributed by atoms with Crippen molar-refractivity contribution in [2.75, 3.05) is 23.0 Å². The number of ether oxygens (including phenoxy) is 1. The van der Waals surface area contributed by atoms with E-state index in [2.05, 4.69) is 26.7 Å². The molecule has 0 saturated carbocycles. The van der Waals surface area contributed by atoms with Gasteiger partial charge in [-0.25, -0.2) is 14.8 Å². The van der Waals surface area contributed by atoms with Crippen molar-refractivity contribution in [2.45, 2.75) is 27.7 Å². The number of carbonyl (C=O) groups is 1. The van der Waals surface area contributed by atoms with E-state index >= 15 is 0 Å². The quantitative estimate of drug-likeness (QED) is 0.477. The number of aromatic nitrogens is 2. The highest BCUT2D eigenvalue weighted by Crippen LogP contribution is 2.28. The Balaban J connectivity index is 1.72. The summed E-state index contributed by atoms with van der Waals surface area (Å²) < 4.78 is 5.25. The van der Waals surface area contributed by atoms with Gasteiger partial charge in [-0.2, -0.15) is 0 Å². The van der Waals surface area contributed by atoms with Crippen LogP contribution in [0.2, 0.25) is 0 Å². The van der Waals surface area contributed by atoms with Crippen molar-refractivity contribution >= 4 is 34.7 Å². The van der Waals surface area contributed by atoms with Gasteiger partial charge in [0.1, 0.15) is 12.0 Å². The van der Waals surface area contributed by atoms with Crippen LogP contribution >= 0.6 is 0 Å². The van der Waals surface area contributed by atoms with Crippen LogP contribution in [0.4, 0.5) is 28.7 Å². The number of nitrogens with one attached hydrogen (secondary N) is 2. The van der Waals surface area contributed by atoms with E-state index in [0.29, 0.717) is 35.4 Å². The smallest absolute Gasteiger partial charge is 0.338 e. The maximum absolute atomic E-state index is 12.0. The van der Waals surface area contributed by atoms with Crippen LogP contribution in [0.3, 0.4) is 0 Å². The highest BCUT2D eigenvalue weighted by molar-refractivity contribution is 5.90. The van der Waals surface area contributed by atoms with E-state index in [0.717, 1.165) is 22.5 Å². The number of esters is 1. The second-order valence-corrected chi connectivity index (χ2v) is 7.68. The highest BCUT2D eigenvalue weighted by atomic mass is 16.5. The Morgan fingerprint density at radius 3 is 2.10 bits per heavy atom. The first-order valence-corrected chi connectivity index (χ1v) is 9.82. The fraction of sp³-hybridized carbons (Fsp3) is 0.261. The Labute approximate surface area is 176 Å². The van der Waals surface area contributed by atoms with Gasteiger partial charge in [-0.15, -0.1) is 0 Å². The van der Waals surface area contributed by atoms with Gasteiger partial charge in [0.2, 0.25) is 0 Å². The molecule has 1 aromatic heterocycles. The molecule has 0 fully saturated rings. The molecule has 2 aromatic carbocycles. The van der Waals surface area contributed by atoms with Gasteiger partial charge < -0.3 is 21.1 Å². The van der Waals surface area contributed by atoms with Crippen molar-refractivity contribution in [3.63, 3.8) is 0 Å². The van der Waals surface area contributed by atoms with Crippen LogP contribution in [0.5, 0.6) is 0 Å². The van der Waals surface area contributed by atoms with Crippen LogP contribution in [0, 0.1) is 19.8 Å². The monoisotopic (exact) mass is 405 g/mol. The third-order valence-corrected chi connectivity index (χ3v) is 4.30. The van der Waals surface area contributed by atoms with Gasteiger partial charge in [0, 0.05) is 11.4 Å². The first kappa shape index (κ1) is 21.1. The van der Waals surface area contributed by atoms with Crippen LogP contribution in [0.25, 0.3) is 0 Å². The lowest BCUT2D eigenvalue weighted by Gasteiger charge is -2.13. The predicted octanol–water partition coefficient (Wildman–Crippen LogP) is 4.98. The fourth-order valence-electron chi connectivity index (χ4n) is 2.93. The number of rotatable bonds is 7. The Bertz CT molecular complexity index is 1010. The summed E-state index contributed by atoms with van der Waals surface area (Å²) in [6.07, 6.45) is 1.45. The SMILES string of the molecule is Cc1cc(C)cc(Nc2ncnc(Nc3ccc(C(=O)OCC(C)C)cc3)c2N)c1. The summed E-state index contributed by atoms with van der Waals surface area (Å²) >= 11 is 0. The number of hydrogen-bond donors (Lipinski definition) is 3.